The molecule has 2 aliphatic carbocycles. The fourth-order valence-corrected chi connectivity index (χ4v) is 6.00. The van der Waals surface area contributed by atoms with E-state index in [0.29, 0.717) is 12.1 Å². The van der Waals surface area contributed by atoms with Crippen LogP contribution in [-0.2, 0) is 0 Å². The molecule has 0 spiro atoms. The van der Waals surface area contributed by atoms with Gasteiger partial charge >= 0.3 is 0 Å². The van der Waals surface area contributed by atoms with E-state index in [1.165, 1.54) is 63.5 Å². The van der Waals surface area contributed by atoms with Crippen LogP contribution in [0, 0.1) is 0 Å². The van der Waals surface area contributed by atoms with Gasteiger partial charge in [-0.25, -0.2) is 0 Å². The van der Waals surface area contributed by atoms with E-state index in [9.17, 15) is 0 Å². The van der Waals surface area contributed by atoms with Crippen molar-refractivity contribution in [1.82, 2.24) is 19.8 Å². The number of aromatic nitrogens is 2. The van der Waals surface area contributed by atoms with Crippen LogP contribution in [0.1, 0.15) is 87.3 Å². The summed E-state index contributed by atoms with van der Waals surface area (Å²) in [5.41, 5.74) is 2.49. The normalized spacial score (nSPS) is 26.7. The van der Waals surface area contributed by atoms with Crippen molar-refractivity contribution in [2.45, 2.75) is 82.0 Å². The van der Waals surface area contributed by atoms with Gasteiger partial charge in [-0.05, 0) is 62.2 Å². The number of hydrogen-bond acceptors (Lipinski definition) is 2. The Morgan fingerprint density at radius 3 is 2.39 bits per heavy atom. The molecule has 0 aromatic carbocycles. The molecule has 3 aliphatic rings. The van der Waals surface area contributed by atoms with E-state index in [4.69, 9.17) is 17.2 Å². The number of nitrogens with zero attached hydrogens (tertiary/aromatic N) is 3. The number of nitrogens with one attached hydrogen (secondary N) is 1. The smallest absolute Gasteiger partial charge is 0.170 e. The van der Waals surface area contributed by atoms with Crippen LogP contribution < -0.4 is 5.32 Å². The van der Waals surface area contributed by atoms with Gasteiger partial charge in [0.1, 0.15) is 0 Å². The van der Waals surface area contributed by atoms with Crippen molar-refractivity contribution < 1.29 is 0 Å². The van der Waals surface area contributed by atoms with Gasteiger partial charge in [0.2, 0.25) is 0 Å². The molecule has 3 fully saturated rings. The minimum Gasteiger partial charge on any atom is -0.352 e. The topological polar surface area (TPSA) is 33.1 Å². The molecule has 0 amide bonds. The minimum absolute atomic E-state index is 0.116. The van der Waals surface area contributed by atoms with Crippen LogP contribution in [0.2, 0.25) is 0 Å². The first-order valence-electron chi connectivity index (χ1n) is 11.0. The van der Waals surface area contributed by atoms with Crippen LogP contribution in [0.25, 0.3) is 0 Å². The van der Waals surface area contributed by atoms with Crippen molar-refractivity contribution in [2.75, 3.05) is 0 Å². The third kappa shape index (κ3) is 3.24. The summed E-state index contributed by atoms with van der Waals surface area (Å²) in [7, 11) is 0. The summed E-state index contributed by atoms with van der Waals surface area (Å²) in [5, 5.41) is 4.56. The summed E-state index contributed by atoms with van der Waals surface area (Å²) in [5.74, 6) is 0. The van der Waals surface area contributed by atoms with Crippen LogP contribution in [-0.4, -0.2) is 25.6 Å². The molecule has 148 valence electrons. The average molecular weight is 395 g/mol. The van der Waals surface area contributed by atoms with Crippen LogP contribution in [0.4, 0.5) is 0 Å². The van der Waals surface area contributed by atoms with E-state index in [2.05, 4.69) is 45.2 Å². The lowest BCUT2D eigenvalue weighted by Crippen LogP contribution is -2.41. The van der Waals surface area contributed by atoms with Gasteiger partial charge in [-0.2, -0.15) is 0 Å². The van der Waals surface area contributed by atoms with E-state index in [0.717, 1.165) is 10.8 Å². The Balaban J connectivity index is 1.56. The fraction of sp³-hybridized carbons (Fsp3) is 0.565. The number of hydrogen-bond donors (Lipinski definition) is 1. The molecular formula is C23H30N4S. The molecule has 0 radical (unpaired) electrons. The van der Waals surface area contributed by atoms with Gasteiger partial charge in [0.05, 0.1) is 17.8 Å². The van der Waals surface area contributed by atoms with Gasteiger partial charge in [0.25, 0.3) is 0 Å². The van der Waals surface area contributed by atoms with Gasteiger partial charge in [-0.3, -0.25) is 4.98 Å². The largest absolute Gasteiger partial charge is 0.352 e. The molecule has 1 saturated heterocycles. The quantitative estimate of drug-likeness (QED) is 0.713. The molecule has 1 N–H and O–H groups in total. The highest BCUT2D eigenvalue weighted by Crippen LogP contribution is 2.44. The molecule has 2 aromatic heterocycles. The van der Waals surface area contributed by atoms with Gasteiger partial charge in [0, 0.05) is 30.2 Å². The summed E-state index contributed by atoms with van der Waals surface area (Å²) in [4.78, 5) is 7.24. The lowest BCUT2D eigenvalue weighted by Gasteiger charge is -2.38. The Hall–Kier alpha value is -1.88. The molecule has 28 heavy (non-hydrogen) atoms. The summed E-state index contributed by atoms with van der Waals surface area (Å²) >= 11 is 5.91. The van der Waals surface area contributed by atoms with E-state index >= 15 is 0 Å². The first-order chi connectivity index (χ1) is 13.8. The first-order valence-corrected chi connectivity index (χ1v) is 11.4. The minimum atomic E-state index is 0.116. The zero-order valence-electron chi connectivity index (χ0n) is 16.5. The molecule has 3 heterocycles. The van der Waals surface area contributed by atoms with Crippen molar-refractivity contribution in [1.29, 1.82) is 0 Å². The second kappa shape index (κ2) is 7.86. The summed E-state index contributed by atoms with van der Waals surface area (Å²) in [6, 6.07) is 12.3. The Kier molecular flexibility index (Phi) is 5.10. The van der Waals surface area contributed by atoms with Crippen molar-refractivity contribution in [3.05, 3.63) is 54.1 Å². The second-order valence-electron chi connectivity index (χ2n) is 8.60. The molecule has 5 heteroatoms. The number of pyridine rings is 1. The Morgan fingerprint density at radius 2 is 1.64 bits per heavy atom. The van der Waals surface area contributed by atoms with Crippen molar-refractivity contribution in [3.8, 4) is 0 Å². The molecule has 0 unspecified atom stereocenters. The van der Waals surface area contributed by atoms with Crippen LogP contribution >= 0.6 is 12.2 Å². The zero-order chi connectivity index (χ0) is 18.9. The lowest BCUT2D eigenvalue weighted by atomic mass is 9.91. The Labute approximate surface area is 173 Å². The molecule has 5 rings (SSSR count). The number of rotatable bonds is 4. The third-order valence-corrected chi connectivity index (χ3v) is 7.26. The van der Waals surface area contributed by atoms with E-state index in [1.807, 2.05) is 12.3 Å². The highest BCUT2D eigenvalue weighted by atomic mass is 32.1. The molecule has 2 atom stereocenters. The second-order valence-corrected chi connectivity index (χ2v) is 8.99. The number of thiocarbonyl (C=S) groups is 1. The predicted octanol–water partition coefficient (Wildman–Crippen LogP) is 5.30. The maximum Gasteiger partial charge on any atom is 0.170 e. The highest BCUT2D eigenvalue weighted by molar-refractivity contribution is 7.80. The summed E-state index contributed by atoms with van der Waals surface area (Å²) in [6.07, 6.45) is 16.0. The van der Waals surface area contributed by atoms with Crippen LogP contribution in [0.15, 0.2) is 42.7 Å². The van der Waals surface area contributed by atoms with Crippen molar-refractivity contribution in [2.24, 2.45) is 0 Å². The predicted molar refractivity (Wildman–Crippen MR) is 116 cm³/mol. The molecule has 2 aromatic rings. The van der Waals surface area contributed by atoms with Gasteiger partial charge < -0.3 is 14.8 Å². The van der Waals surface area contributed by atoms with Crippen LogP contribution in [0.5, 0.6) is 0 Å². The molecule has 4 nitrogen and oxygen atoms in total. The standard InChI is InChI=1S/C23H30N4S/c28-23-25-21(19-13-6-7-15-24-19)22(27(23)18-11-2-1-3-12-18)20-14-8-16-26(20)17-9-4-5-10-17/h6-8,13-18,21-22H,1-5,9-12H2,(H,25,28)/t21-,22-/m1/s1. The summed E-state index contributed by atoms with van der Waals surface area (Å²) < 4.78 is 2.55. The van der Waals surface area contributed by atoms with Crippen molar-refractivity contribution in [3.63, 3.8) is 0 Å². The average Bonchev–Trinajstić information content (AvgIpc) is 3.48. The maximum absolute atomic E-state index is 5.91. The van der Waals surface area contributed by atoms with Gasteiger partial charge in [0.15, 0.2) is 5.11 Å². The van der Waals surface area contributed by atoms with E-state index in [-0.39, 0.29) is 12.1 Å². The molecular weight excluding hydrogens is 364 g/mol. The highest BCUT2D eigenvalue weighted by Gasteiger charge is 2.44. The zero-order valence-corrected chi connectivity index (χ0v) is 17.3. The SMILES string of the molecule is S=C1N[C@H](c2ccccn2)[C@@H](c2cccn2C2CCCC2)N1C1CCCCC1. The molecule has 1 aliphatic heterocycles. The van der Waals surface area contributed by atoms with E-state index < -0.39 is 0 Å². The Bertz CT molecular complexity index is 805. The fourth-order valence-electron chi connectivity index (χ4n) is 5.61. The maximum atomic E-state index is 5.91. The van der Waals surface area contributed by atoms with Crippen LogP contribution in [0.3, 0.4) is 0 Å². The molecule has 0 bridgehead atoms. The Morgan fingerprint density at radius 1 is 0.893 bits per heavy atom. The van der Waals surface area contributed by atoms with Crippen molar-refractivity contribution >= 4 is 17.3 Å². The van der Waals surface area contributed by atoms with Gasteiger partial charge in [-0.15, -0.1) is 0 Å². The molecule has 2 saturated carbocycles. The van der Waals surface area contributed by atoms with Gasteiger partial charge in [-0.1, -0.05) is 38.2 Å². The summed E-state index contributed by atoms with van der Waals surface area (Å²) in [6.45, 7) is 0. The lowest BCUT2D eigenvalue weighted by molar-refractivity contribution is 0.189. The monoisotopic (exact) mass is 394 g/mol. The first kappa shape index (κ1) is 18.2. The third-order valence-electron chi connectivity index (χ3n) is 6.94. The van der Waals surface area contributed by atoms with E-state index in [1.54, 1.807) is 0 Å².